The highest BCUT2D eigenvalue weighted by Gasteiger charge is 2.27. The number of anilines is 1. The minimum Gasteiger partial charge on any atom is -0.370 e. The molecule has 5 nitrogen and oxygen atoms in total. The molecule has 1 saturated heterocycles. The van der Waals surface area contributed by atoms with Crippen LogP contribution >= 0.6 is 34.5 Å². The molecule has 1 fully saturated rings. The van der Waals surface area contributed by atoms with Crippen molar-refractivity contribution in [2.45, 2.75) is 6.10 Å². The number of halogens is 2. The summed E-state index contributed by atoms with van der Waals surface area (Å²) < 4.78 is 5.78. The molecule has 0 radical (unpaired) electrons. The minimum atomic E-state index is -0.218. The molecule has 2 aromatic rings. The number of nitrogens with zero attached hydrogens (tertiary/aromatic N) is 2. The van der Waals surface area contributed by atoms with Crippen LogP contribution in [0.25, 0.3) is 0 Å². The zero-order valence-corrected chi connectivity index (χ0v) is 14.7. The zero-order valence-electron chi connectivity index (χ0n) is 12.4. The van der Waals surface area contributed by atoms with Gasteiger partial charge in [0.25, 0.3) is 5.91 Å². The molecule has 0 aliphatic carbocycles. The van der Waals surface area contributed by atoms with Crippen molar-refractivity contribution in [1.29, 1.82) is 0 Å². The van der Waals surface area contributed by atoms with Crippen molar-refractivity contribution >= 4 is 45.6 Å². The van der Waals surface area contributed by atoms with Gasteiger partial charge in [0, 0.05) is 19.0 Å². The number of benzene rings is 1. The lowest BCUT2D eigenvalue weighted by molar-refractivity contribution is -0.0229. The first-order valence-corrected chi connectivity index (χ1v) is 8.71. The second-order valence-corrected chi connectivity index (χ2v) is 6.74. The smallest absolute Gasteiger partial charge is 0.273 e. The predicted molar refractivity (Wildman–Crippen MR) is 92.7 cm³/mol. The Morgan fingerprint density at radius 2 is 2.26 bits per heavy atom. The van der Waals surface area contributed by atoms with E-state index in [0.29, 0.717) is 35.4 Å². The van der Waals surface area contributed by atoms with E-state index in [1.807, 2.05) is 6.07 Å². The molecule has 122 valence electrons. The van der Waals surface area contributed by atoms with Crippen LogP contribution < -0.4 is 5.32 Å². The van der Waals surface area contributed by atoms with E-state index < -0.39 is 0 Å². The fraction of sp³-hybridized carbons (Fsp3) is 0.333. The van der Waals surface area contributed by atoms with Gasteiger partial charge >= 0.3 is 0 Å². The van der Waals surface area contributed by atoms with Gasteiger partial charge in [-0.1, -0.05) is 29.3 Å². The van der Waals surface area contributed by atoms with E-state index in [1.54, 1.807) is 29.5 Å². The second kappa shape index (κ2) is 7.05. The fourth-order valence-electron chi connectivity index (χ4n) is 2.40. The maximum Gasteiger partial charge on any atom is 0.273 e. The van der Waals surface area contributed by atoms with E-state index in [9.17, 15) is 4.79 Å². The highest BCUT2D eigenvalue weighted by Crippen LogP contribution is 2.29. The number of amides is 1. The third kappa shape index (κ3) is 3.61. The van der Waals surface area contributed by atoms with Crippen LogP contribution in [0.2, 0.25) is 10.0 Å². The quantitative estimate of drug-likeness (QED) is 0.893. The van der Waals surface area contributed by atoms with Gasteiger partial charge in [-0.25, -0.2) is 4.98 Å². The van der Waals surface area contributed by atoms with Gasteiger partial charge in [0.05, 0.1) is 23.2 Å². The number of aromatic nitrogens is 1. The summed E-state index contributed by atoms with van der Waals surface area (Å²) in [6.07, 6.45) is -0.218. The Kier molecular flexibility index (Phi) is 5.06. The maximum atomic E-state index is 12.6. The fourth-order valence-corrected chi connectivity index (χ4v) is 3.35. The Bertz CT molecular complexity index is 722. The third-order valence-electron chi connectivity index (χ3n) is 3.61. The molecule has 1 aliphatic rings. The highest BCUT2D eigenvalue weighted by molar-refractivity contribution is 7.13. The molecule has 1 amide bonds. The van der Waals surface area contributed by atoms with Gasteiger partial charge in [0.15, 0.2) is 5.13 Å². The van der Waals surface area contributed by atoms with E-state index in [4.69, 9.17) is 27.9 Å². The Labute approximate surface area is 148 Å². The summed E-state index contributed by atoms with van der Waals surface area (Å²) >= 11 is 13.4. The topological polar surface area (TPSA) is 54.5 Å². The number of rotatable bonds is 3. The number of morpholine rings is 1. The van der Waals surface area contributed by atoms with Crippen LogP contribution in [0.4, 0.5) is 5.13 Å². The Balaban J connectivity index is 1.74. The Hall–Kier alpha value is -1.34. The molecule has 0 spiro atoms. The first-order chi connectivity index (χ1) is 11.1. The number of carbonyl (C=O) groups excluding carboxylic acids is 1. The third-order valence-corrected chi connectivity index (χ3v) is 5.21. The summed E-state index contributed by atoms with van der Waals surface area (Å²) in [7, 11) is 1.78. The largest absolute Gasteiger partial charge is 0.370 e. The Morgan fingerprint density at radius 1 is 1.43 bits per heavy atom. The maximum absolute atomic E-state index is 12.6. The number of carbonyl (C=O) groups is 1. The number of nitrogens with one attached hydrogen (secondary N) is 1. The van der Waals surface area contributed by atoms with E-state index in [1.165, 1.54) is 11.3 Å². The molecule has 23 heavy (non-hydrogen) atoms. The van der Waals surface area contributed by atoms with Crippen molar-refractivity contribution < 1.29 is 9.53 Å². The average Bonchev–Trinajstić information content (AvgIpc) is 3.06. The summed E-state index contributed by atoms with van der Waals surface area (Å²) in [5.41, 5.74) is 1.36. The van der Waals surface area contributed by atoms with Crippen molar-refractivity contribution in [3.05, 3.63) is 44.9 Å². The van der Waals surface area contributed by atoms with E-state index in [0.717, 1.165) is 10.7 Å². The van der Waals surface area contributed by atoms with Crippen molar-refractivity contribution in [3.8, 4) is 0 Å². The van der Waals surface area contributed by atoms with Crippen LogP contribution in [0, 0.1) is 0 Å². The van der Waals surface area contributed by atoms with Gasteiger partial charge < -0.3 is 15.0 Å². The molecule has 1 aliphatic heterocycles. The zero-order chi connectivity index (χ0) is 16.4. The lowest BCUT2D eigenvalue weighted by Crippen LogP contribution is -2.42. The van der Waals surface area contributed by atoms with Crippen LogP contribution in [0.1, 0.15) is 22.2 Å². The predicted octanol–water partition coefficient (Wildman–Crippen LogP) is 3.71. The summed E-state index contributed by atoms with van der Waals surface area (Å²) in [6, 6.07) is 5.39. The molecule has 0 saturated carbocycles. The van der Waals surface area contributed by atoms with Crippen molar-refractivity contribution in [2.75, 3.05) is 32.1 Å². The number of hydrogen-bond acceptors (Lipinski definition) is 5. The average molecular weight is 372 g/mol. The van der Waals surface area contributed by atoms with Crippen LogP contribution in [-0.2, 0) is 4.74 Å². The highest BCUT2D eigenvalue weighted by atomic mass is 35.5. The first kappa shape index (κ1) is 16.5. The number of hydrogen-bond donors (Lipinski definition) is 1. The molecular formula is C15H15Cl2N3O2S. The molecule has 1 aromatic carbocycles. The molecular weight excluding hydrogens is 357 g/mol. The van der Waals surface area contributed by atoms with Gasteiger partial charge in [-0.15, -0.1) is 11.3 Å². The lowest BCUT2D eigenvalue weighted by Gasteiger charge is -2.33. The Morgan fingerprint density at radius 3 is 2.96 bits per heavy atom. The molecule has 1 N–H and O–H groups in total. The minimum absolute atomic E-state index is 0.0869. The van der Waals surface area contributed by atoms with Crippen LogP contribution in [0.15, 0.2) is 23.6 Å². The summed E-state index contributed by atoms with van der Waals surface area (Å²) in [6.45, 7) is 1.48. The first-order valence-electron chi connectivity index (χ1n) is 7.07. The monoisotopic (exact) mass is 371 g/mol. The molecule has 2 heterocycles. The van der Waals surface area contributed by atoms with Crippen LogP contribution in [0.3, 0.4) is 0 Å². The lowest BCUT2D eigenvalue weighted by atomic mass is 10.1. The van der Waals surface area contributed by atoms with Crippen molar-refractivity contribution in [3.63, 3.8) is 0 Å². The molecule has 8 heteroatoms. The van der Waals surface area contributed by atoms with E-state index >= 15 is 0 Å². The standard InChI is InChI=1S/C15H15Cl2N3O2S/c1-18-15-19-12(8-23-15)14(21)20-4-5-22-13(7-20)9-2-3-10(16)11(17)6-9/h2-3,6,8,13H,4-5,7H2,1H3,(H,18,19). The van der Waals surface area contributed by atoms with Gasteiger partial charge in [-0.05, 0) is 17.7 Å². The second-order valence-electron chi connectivity index (χ2n) is 5.07. The molecule has 1 aromatic heterocycles. The van der Waals surface area contributed by atoms with E-state index in [2.05, 4.69) is 10.3 Å². The van der Waals surface area contributed by atoms with Gasteiger partial charge in [-0.3, -0.25) is 4.79 Å². The molecule has 0 bridgehead atoms. The summed E-state index contributed by atoms with van der Waals surface area (Å²) in [5, 5.41) is 6.40. The number of ether oxygens (including phenoxy) is 1. The molecule has 1 atom stereocenters. The van der Waals surface area contributed by atoms with Gasteiger partial charge in [0.2, 0.25) is 0 Å². The SMILES string of the molecule is CNc1nc(C(=O)N2CCOC(c3ccc(Cl)c(Cl)c3)C2)cs1. The van der Waals surface area contributed by atoms with Gasteiger partial charge in [-0.2, -0.15) is 0 Å². The summed E-state index contributed by atoms with van der Waals surface area (Å²) in [4.78, 5) is 18.6. The van der Waals surface area contributed by atoms with Crippen LogP contribution in [-0.4, -0.2) is 42.5 Å². The molecule has 1 unspecified atom stereocenters. The number of thiazole rings is 1. The van der Waals surface area contributed by atoms with Gasteiger partial charge in [0.1, 0.15) is 11.8 Å². The van der Waals surface area contributed by atoms with E-state index in [-0.39, 0.29) is 12.0 Å². The van der Waals surface area contributed by atoms with Crippen LogP contribution in [0.5, 0.6) is 0 Å². The molecule has 3 rings (SSSR count). The summed E-state index contributed by atoms with van der Waals surface area (Å²) in [5.74, 6) is -0.0869. The van der Waals surface area contributed by atoms with Crippen molar-refractivity contribution in [2.24, 2.45) is 0 Å². The van der Waals surface area contributed by atoms with Crippen molar-refractivity contribution in [1.82, 2.24) is 9.88 Å². The normalized spacial score (nSPS) is 18.0.